The minimum Gasteiger partial charge on any atom is -0.460 e. The lowest BCUT2D eigenvalue weighted by molar-refractivity contribution is -0.404. The fourth-order valence-corrected chi connectivity index (χ4v) is 9.32. The van der Waals surface area contributed by atoms with Crippen molar-refractivity contribution in [3.05, 3.63) is 75.8 Å². The number of carbonyl (C=O) groups excluding carboxylic acids is 2. The second-order valence-corrected chi connectivity index (χ2v) is 17.7. The van der Waals surface area contributed by atoms with E-state index in [0.29, 0.717) is 136 Å². The van der Waals surface area contributed by atoms with Gasteiger partial charge in [0.05, 0.1) is 80.1 Å². The molecule has 2 aliphatic carbocycles. The van der Waals surface area contributed by atoms with Crippen molar-refractivity contribution in [2.45, 2.75) is 101 Å². The summed E-state index contributed by atoms with van der Waals surface area (Å²) < 4.78 is 62.7. The zero-order chi connectivity index (χ0) is 40.6. The van der Waals surface area contributed by atoms with Crippen LogP contribution in [0.2, 0.25) is 0 Å². The number of amides is 1. The normalized spacial score (nSPS) is 26.5. The average Bonchev–Trinajstić information content (AvgIpc) is 3.28. The highest BCUT2D eigenvalue weighted by atomic mass is 16.7. The number of esters is 1. The maximum absolute atomic E-state index is 12.9. The summed E-state index contributed by atoms with van der Waals surface area (Å²) in [6, 6.07) is 15.9. The number of ether oxygens (including phenoxy) is 10. The van der Waals surface area contributed by atoms with Gasteiger partial charge in [0.25, 0.3) is 5.69 Å². The molecule has 5 saturated heterocycles. The van der Waals surface area contributed by atoms with Gasteiger partial charge in [-0.1, -0.05) is 42.5 Å². The highest BCUT2D eigenvalue weighted by Gasteiger charge is 2.57. The number of carbonyl (C=O) groups is 2. The minimum absolute atomic E-state index is 0.0633. The lowest BCUT2D eigenvalue weighted by Gasteiger charge is -2.56. The van der Waals surface area contributed by atoms with Crippen molar-refractivity contribution in [1.82, 2.24) is 4.90 Å². The van der Waals surface area contributed by atoms with Gasteiger partial charge in [0.2, 0.25) is 0 Å². The molecule has 16 nitrogen and oxygen atoms in total. The Labute approximate surface area is 343 Å². The first-order chi connectivity index (χ1) is 28.5. The van der Waals surface area contributed by atoms with Crippen LogP contribution >= 0.6 is 0 Å². The van der Waals surface area contributed by atoms with Gasteiger partial charge in [-0.25, -0.2) is 4.79 Å². The van der Waals surface area contributed by atoms with Crippen molar-refractivity contribution in [3.8, 4) is 0 Å². The average molecular weight is 823 g/mol. The quantitative estimate of drug-likeness (QED) is 0.195. The van der Waals surface area contributed by atoms with E-state index in [1.807, 2.05) is 30.3 Å². The first-order valence-corrected chi connectivity index (χ1v) is 21.0. The third-order valence-corrected chi connectivity index (χ3v) is 13.5. The van der Waals surface area contributed by atoms with Crippen molar-refractivity contribution in [3.63, 3.8) is 0 Å². The molecule has 2 aromatic carbocycles. The third-order valence-electron chi connectivity index (χ3n) is 13.5. The Kier molecular flexibility index (Phi) is 11.2. The van der Waals surface area contributed by atoms with E-state index >= 15 is 0 Å². The van der Waals surface area contributed by atoms with Gasteiger partial charge in [-0.05, 0) is 24.5 Å². The number of nitrogens with zero attached hydrogens (tertiary/aromatic N) is 2. The van der Waals surface area contributed by atoms with Crippen LogP contribution in [0, 0.1) is 26.9 Å². The molecule has 0 radical (unpaired) electrons. The summed E-state index contributed by atoms with van der Waals surface area (Å²) in [5.74, 6) is -3.57. The molecule has 16 heteroatoms. The van der Waals surface area contributed by atoms with E-state index in [0.717, 1.165) is 5.56 Å². The van der Waals surface area contributed by atoms with Gasteiger partial charge in [0.1, 0.15) is 13.2 Å². The number of hydrogen-bond donors (Lipinski definition) is 0. The highest BCUT2D eigenvalue weighted by molar-refractivity contribution is 5.72. The molecule has 0 aromatic heterocycles. The van der Waals surface area contributed by atoms with E-state index in [-0.39, 0.29) is 36.9 Å². The Hall–Kier alpha value is -3.74. The standard InChI is InChI=1S/C43H54N2O14/c46-36(50-23-34-8-4-5-9-35(34)45(48)49)33-10-12-40(13-11-33)52-24-38(25-53-40)26-54-41(55-27-38)14-16-42(17-15-41)56-28-39(29-57-42)30-58-43(59-31-39)18-20-44(21-19-43)37(47)51-22-32-6-2-1-3-7-32/h1-9,33H,10-31H2. The molecule has 5 aliphatic heterocycles. The van der Waals surface area contributed by atoms with Crippen molar-refractivity contribution in [1.29, 1.82) is 0 Å². The Morgan fingerprint density at radius 2 is 1.03 bits per heavy atom. The largest absolute Gasteiger partial charge is 0.460 e. The van der Waals surface area contributed by atoms with Crippen LogP contribution in [0.15, 0.2) is 54.6 Å². The predicted molar refractivity (Wildman–Crippen MR) is 204 cm³/mol. The molecule has 320 valence electrons. The maximum atomic E-state index is 12.9. The summed E-state index contributed by atoms with van der Waals surface area (Å²) in [6.07, 6.45) is 5.56. The Morgan fingerprint density at radius 1 is 0.593 bits per heavy atom. The van der Waals surface area contributed by atoms with E-state index in [2.05, 4.69) is 0 Å². The molecule has 1 amide bonds. The van der Waals surface area contributed by atoms with Gasteiger partial charge in [0, 0.05) is 70.5 Å². The Morgan fingerprint density at radius 3 is 1.53 bits per heavy atom. The van der Waals surface area contributed by atoms with E-state index in [1.165, 1.54) is 6.07 Å². The molecule has 5 heterocycles. The smallest absolute Gasteiger partial charge is 0.410 e. The molecule has 0 N–H and O–H groups in total. The molecule has 2 saturated carbocycles. The van der Waals surface area contributed by atoms with Crippen LogP contribution in [0.1, 0.15) is 75.3 Å². The summed E-state index contributed by atoms with van der Waals surface area (Å²) in [6.45, 7) is 4.72. The summed E-state index contributed by atoms with van der Waals surface area (Å²) in [7, 11) is 0. The Balaban J connectivity index is 0.673. The molecule has 7 aliphatic rings. The zero-order valence-corrected chi connectivity index (χ0v) is 33.4. The summed E-state index contributed by atoms with van der Waals surface area (Å²) in [5, 5.41) is 11.3. The minimum atomic E-state index is -0.759. The molecule has 7 fully saturated rings. The van der Waals surface area contributed by atoms with Crippen LogP contribution < -0.4 is 0 Å². The number of likely N-dealkylation sites (tertiary alicyclic amines) is 1. The van der Waals surface area contributed by atoms with Gasteiger partial charge in [0.15, 0.2) is 23.1 Å². The van der Waals surface area contributed by atoms with E-state index in [1.54, 1.807) is 23.1 Å². The SMILES string of the molecule is O=C(OCc1ccccc1[N+](=O)[O-])C1CCC2(CC1)OCC1(CO2)COC2(CCC3(CC2)OCC2(COC4(CCN(C(=O)OCc5ccccc5)CC4)OC2)CO3)OC1. The maximum Gasteiger partial charge on any atom is 0.410 e. The van der Waals surface area contributed by atoms with Crippen LogP contribution in [0.3, 0.4) is 0 Å². The number of nitro groups is 1. The molecule has 59 heavy (non-hydrogen) atoms. The number of piperidine rings is 1. The van der Waals surface area contributed by atoms with E-state index < -0.39 is 38.9 Å². The lowest BCUT2D eigenvalue weighted by atomic mass is 9.81. The number of benzene rings is 2. The summed E-state index contributed by atoms with van der Waals surface area (Å²) in [5.41, 5.74) is 0.446. The molecule has 0 unspecified atom stereocenters. The first-order valence-electron chi connectivity index (χ1n) is 21.0. The van der Waals surface area contributed by atoms with Crippen molar-refractivity contribution >= 4 is 17.7 Å². The number of nitro benzene ring substituents is 1. The van der Waals surface area contributed by atoms with Crippen molar-refractivity contribution < 1.29 is 61.9 Å². The molecule has 9 rings (SSSR count). The second-order valence-electron chi connectivity index (χ2n) is 17.7. The zero-order valence-electron chi connectivity index (χ0n) is 33.4. The summed E-state index contributed by atoms with van der Waals surface area (Å²) >= 11 is 0. The predicted octanol–water partition coefficient (Wildman–Crippen LogP) is 5.78. The molecule has 0 bridgehead atoms. The second kappa shape index (κ2) is 16.3. The lowest BCUT2D eigenvalue weighted by Crippen LogP contribution is -2.63. The first kappa shape index (κ1) is 40.7. The van der Waals surface area contributed by atoms with Crippen LogP contribution in [0.4, 0.5) is 10.5 Å². The van der Waals surface area contributed by atoms with Gasteiger partial charge >= 0.3 is 12.1 Å². The van der Waals surface area contributed by atoms with Crippen LogP contribution in [-0.2, 0) is 65.4 Å². The van der Waals surface area contributed by atoms with Gasteiger partial charge in [-0.2, -0.15) is 0 Å². The molecule has 0 atom stereocenters. The fourth-order valence-electron chi connectivity index (χ4n) is 9.32. The van der Waals surface area contributed by atoms with Gasteiger partial charge in [-0.3, -0.25) is 14.9 Å². The van der Waals surface area contributed by atoms with Gasteiger partial charge < -0.3 is 52.3 Å². The van der Waals surface area contributed by atoms with Crippen LogP contribution in [0.5, 0.6) is 0 Å². The third kappa shape index (κ3) is 8.60. The molecular formula is C43H54N2O14. The topological polar surface area (TPSA) is 173 Å². The Bertz CT molecular complexity index is 1790. The van der Waals surface area contributed by atoms with Crippen molar-refractivity contribution in [2.75, 3.05) is 65.9 Å². The van der Waals surface area contributed by atoms with Crippen LogP contribution in [0.25, 0.3) is 0 Å². The number of para-hydroxylation sites is 1. The number of hydrogen-bond acceptors (Lipinski definition) is 14. The van der Waals surface area contributed by atoms with Crippen LogP contribution in [-0.4, -0.2) is 111 Å². The molecule has 6 spiro atoms. The fraction of sp³-hybridized carbons (Fsp3) is 0.674. The highest BCUT2D eigenvalue weighted by Crippen LogP contribution is 2.50. The monoisotopic (exact) mass is 822 g/mol. The van der Waals surface area contributed by atoms with E-state index in [9.17, 15) is 19.7 Å². The van der Waals surface area contributed by atoms with Crippen molar-refractivity contribution in [2.24, 2.45) is 16.7 Å². The number of rotatable bonds is 6. The van der Waals surface area contributed by atoms with E-state index in [4.69, 9.17) is 47.4 Å². The van der Waals surface area contributed by atoms with Gasteiger partial charge in [-0.15, -0.1) is 0 Å². The molecule has 2 aromatic rings. The molecular weight excluding hydrogens is 768 g/mol. The summed E-state index contributed by atoms with van der Waals surface area (Å²) in [4.78, 5) is 38.1.